The number of aromatic amines is 1. The topological polar surface area (TPSA) is 206 Å². The van der Waals surface area contributed by atoms with E-state index in [0.29, 0.717) is 11.3 Å². The molecule has 46 heavy (non-hydrogen) atoms. The molecule has 5 N–H and O–H groups in total. The van der Waals surface area contributed by atoms with Gasteiger partial charge in [-0.2, -0.15) is 0 Å². The van der Waals surface area contributed by atoms with E-state index < -0.39 is 53.1 Å². The van der Waals surface area contributed by atoms with E-state index in [1.165, 1.54) is 22.7 Å². The molecule has 5 rings (SSSR count). The number of aliphatic imine (C=N–C) groups is 1. The minimum Gasteiger partial charge on any atom is -0.384 e. The van der Waals surface area contributed by atoms with Crippen molar-refractivity contribution in [3.63, 3.8) is 0 Å². The Bertz CT molecular complexity index is 1680. The van der Waals surface area contributed by atoms with E-state index in [0.717, 1.165) is 43.0 Å². The van der Waals surface area contributed by atoms with Crippen molar-refractivity contribution in [3.8, 4) is 0 Å². The molecule has 2 fully saturated rings. The van der Waals surface area contributed by atoms with Gasteiger partial charge in [0.05, 0.1) is 24.0 Å². The number of amides is 4. The maximum Gasteiger partial charge on any atom is 0.287 e. The van der Waals surface area contributed by atoms with Crippen molar-refractivity contribution in [1.29, 1.82) is 0 Å². The largest absolute Gasteiger partial charge is 0.384 e. The normalized spacial score (nSPS) is 20.1. The highest BCUT2D eigenvalue weighted by Gasteiger charge is 2.44. The van der Waals surface area contributed by atoms with Crippen LogP contribution in [0.3, 0.4) is 0 Å². The molecule has 3 atom stereocenters. The molecule has 244 valence electrons. The fraction of sp³-hybridized carbons (Fsp3) is 0.500. The van der Waals surface area contributed by atoms with Gasteiger partial charge in [0, 0.05) is 30.2 Å². The summed E-state index contributed by atoms with van der Waals surface area (Å²) in [4.78, 5) is 74.0. The number of hydrogen-bond donors (Lipinski definition) is 4. The Balaban J connectivity index is 1.50. The number of primary amides is 1. The molecular weight excluding hydrogens is 592 g/mol. The van der Waals surface area contributed by atoms with Crippen molar-refractivity contribution in [1.82, 2.24) is 30.2 Å². The molecule has 1 unspecified atom stereocenters. The average Bonchev–Trinajstić information content (AvgIpc) is 3.79. The van der Waals surface area contributed by atoms with Crippen LogP contribution >= 0.6 is 0 Å². The third-order valence-electron chi connectivity index (χ3n) is 8.88. The standard InChI is InChI=1S/C32H40N8O6/c1-18(27(41)28(33)42)36-30(44)25-15-22(40-26(16-35-38-40)32(2,3)46)17-39(25)31(45)24(13-19-7-5-4-6-8-19)37-29(43)21-10-9-20-11-12-34-23(20)14-21/h9-12,14,16,18-19,22,25,34,46H,4-8,13,15,17H2,1-3H3,(H2,33,42)(H,36,44)/t18?,22-,25-/m0/s1. The van der Waals surface area contributed by atoms with Gasteiger partial charge >= 0.3 is 0 Å². The highest BCUT2D eigenvalue weighted by atomic mass is 16.3. The second kappa shape index (κ2) is 13.3. The van der Waals surface area contributed by atoms with Gasteiger partial charge in [0.2, 0.25) is 11.7 Å². The van der Waals surface area contributed by atoms with Gasteiger partial charge in [-0.1, -0.05) is 43.4 Å². The maximum absolute atomic E-state index is 14.4. The number of likely N-dealkylation sites (tertiary alicyclic amines) is 1. The molecule has 1 saturated heterocycles. The summed E-state index contributed by atoms with van der Waals surface area (Å²) in [6.45, 7) is 4.48. The quantitative estimate of drug-likeness (QED) is 0.191. The van der Waals surface area contributed by atoms with Gasteiger partial charge in [0.15, 0.2) is 0 Å². The highest BCUT2D eigenvalue weighted by molar-refractivity contribution is 6.41. The molecule has 14 heteroatoms. The number of aromatic nitrogens is 4. The fourth-order valence-corrected chi connectivity index (χ4v) is 6.38. The van der Waals surface area contributed by atoms with Crippen LogP contribution in [0.4, 0.5) is 0 Å². The maximum atomic E-state index is 14.4. The first-order valence-corrected chi connectivity index (χ1v) is 15.6. The Morgan fingerprint density at radius 1 is 1.15 bits per heavy atom. The first-order chi connectivity index (χ1) is 21.8. The third-order valence-corrected chi connectivity index (χ3v) is 8.88. The Labute approximate surface area is 265 Å². The van der Waals surface area contributed by atoms with E-state index in [1.807, 2.05) is 6.07 Å². The van der Waals surface area contributed by atoms with Crippen molar-refractivity contribution in [2.75, 3.05) is 6.54 Å². The van der Waals surface area contributed by atoms with Crippen molar-refractivity contribution in [2.24, 2.45) is 16.6 Å². The van der Waals surface area contributed by atoms with E-state index in [4.69, 9.17) is 5.73 Å². The monoisotopic (exact) mass is 632 g/mol. The average molecular weight is 633 g/mol. The lowest BCUT2D eigenvalue weighted by Crippen LogP contribution is -2.52. The molecule has 1 aromatic carbocycles. The van der Waals surface area contributed by atoms with Crippen LogP contribution in [-0.4, -0.2) is 83.7 Å². The molecule has 0 radical (unpaired) electrons. The van der Waals surface area contributed by atoms with Crippen LogP contribution in [0.2, 0.25) is 0 Å². The van der Waals surface area contributed by atoms with Crippen LogP contribution in [0.5, 0.6) is 0 Å². The number of nitrogens with zero attached hydrogens (tertiary/aromatic N) is 5. The molecule has 1 saturated carbocycles. The summed E-state index contributed by atoms with van der Waals surface area (Å²) < 4.78 is 1.49. The summed E-state index contributed by atoms with van der Waals surface area (Å²) in [5, 5.41) is 22.3. The van der Waals surface area contributed by atoms with Crippen LogP contribution in [-0.2, 0) is 24.8 Å². The van der Waals surface area contributed by atoms with Crippen molar-refractivity contribution >= 4 is 46.0 Å². The van der Waals surface area contributed by atoms with Crippen LogP contribution in [0.1, 0.15) is 87.8 Å². The van der Waals surface area contributed by atoms with E-state index in [1.54, 1.807) is 38.2 Å². The van der Waals surface area contributed by atoms with Gasteiger partial charge in [0.1, 0.15) is 17.4 Å². The number of hydrogen-bond acceptors (Lipinski definition) is 8. The molecule has 2 aliphatic rings. The van der Waals surface area contributed by atoms with Gasteiger partial charge in [-0.15, -0.1) is 5.10 Å². The zero-order valence-electron chi connectivity index (χ0n) is 26.2. The third kappa shape index (κ3) is 7.06. The zero-order chi connectivity index (χ0) is 33.2. The molecule has 1 aliphatic carbocycles. The van der Waals surface area contributed by atoms with E-state index in [2.05, 4.69) is 25.6 Å². The van der Waals surface area contributed by atoms with Gasteiger partial charge in [-0.3, -0.25) is 24.0 Å². The Morgan fingerprint density at radius 3 is 2.59 bits per heavy atom. The number of ketones is 1. The van der Waals surface area contributed by atoms with Gasteiger partial charge in [0.25, 0.3) is 17.7 Å². The molecule has 2 aromatic heterocycles. The molecule has 3 heterocycles. The zero-order valence-corrected chi connectivity index (χ0v) is 26.2. The molecular formula is C32H40N8O6. The van der Waals surface area contributed by atoms with Crippen LogP contribution in [0.25, 0.3) is 10.9 Å². The smallest absolute Gasteiger partial charge is 0.287 e. The summed E-state index contributed by atoms with van der Waals surface area (Å²) in [6, 6.07) is 4.12. The predicted molar refractivity (Wildman–Crippen MR) is 167 cm³/mol. The second-order valence-corrected chi connectivity index (χ2v) is 12.8. The number of carbonyl (C=O) groups is 5. The minimum atomic E-state index is -1.32. The summed E-state index contributed by atoms with van der Waals surface area (Å²) in [6.07, 6.45) is 8.43. The number of aliphatic hydroxyl groups is 1. The minimum absolute atomic E-state index is 0.00613. The first kappa shape index (κ1) is 32.7. The summed E-state index contributed by atoms with van der Waals surface area (Å²) in [7, 11) is 0. The number of rotatable bonds is 10. The Morgan fingerprint density at radius 2 is 1.89 bits per heavy atom. The van der Waals surface area contributed by atoms with E-state index in [-0.39, 0.29) is 31.0 Å². The van der Waals surface area contributed by atoms with E-state index in [9.17, 15) is 29.1 Å². The summed E-state index contributed by atoms with van der Waals surface area (Å²) >= 11 is 0. The van der Waals surface area contributed by atoms with E-state index >= 15 is 0 Å². The van der Waals surface area contributed by atoms with Crippen LogP contribution in [0.15, 0.2) is 41.7 Å². The first-order valence-electron chi connectivity index (χ1n) is 15.6. The lowest BCUT2D eigenvalue weighted by atomic mass is 9.85. The van der Waals surface area contributed by atoms with Gasteiger partial charge < -0.3 is 26.0 Å². The number of H-pyrrole nitrogens is 1. The Hall–Kier alpha value is -4.72. The fourth-order valence-electron chi connectivity index (χ4n) is 6.38. The number of fused-ring (bicyclic) bond motifs is 1. The molecule has 4 amide bonds. The van der Waals surface area contributed by atoms with Crippen molar-refractivity contribution in [2.45, 2.75) is 89.4 Å². The number of benzene rings is 1. The SMILES string of the molecule is CC(NC(=O)[C@@H]1C[C@H](n2nncc2C(C)(C)O)CN1C(=O)C(CC1CCCCC1)=NC(=O)c1ccc2cc[nH]c2c1)C(=O)C(N)=O. The number of nitrogens with one attached hydrogen (secondary N) is 2. The van der Waals surface area contributed by atoms with Crippen molar-refractivity contribution < 1.29 is 29.1 Å². The summed E-state index contributed by atoms with van der Waals surface area (Å²) in [5.74, 6) is -3.87. The summed E-state index contributed by atoms with van der Waals surface area (Å²) in [5.41, 5.74) is 5.32. The van der Waals surface area contributed by atoms with Crippen molar-refractivity contribution in [3.05, 3.63) is 47.9 Å². The number of Topliss-reactive ketones (excluding diaryl/α,β-unsaturated/α-hetero) is 1. The highest BCUT2D eigenvalue weighted by Crippen LogP contribution is 2.33. The lowest BCUT2D eigenvalue weighted by molar-refractivity contribution is -0.139. The lowest BCUT2D eigenvalue weighted by Gasteiger charge is -2.27. The number of nitrogens with two attached hydrogens (primary N) is 1. The molecule has 0 spiro atoms. The second-order valence-electron chi connectivity index (χ2n) is 12.8. The van der Waals surface area contributed by atoms with Gasteiger partial charge in [-0.25, -0.2) is 9.67 Å². The Kier molecular flexibility index (Phi) is 9.47. The number of carbonyl (C=O) groups excluding carboxylic acids is 5. The molecule has 14 nitrogen and oxygen atoms in total. The molecule has 3 aromatic rings. The molecule has 1 aliphatic heterocycles. The van der Waals surface area contributed by atoms with Crippen LogP contribution in [0, 0.1) is 5.92 Å². The predicted octanol–water partition coefficient (Wildman–Crippen LogP) is 1.94. The molecule has 0 bridgehead atoms. The van der Waals surface area contributed by atoms with Gasteiger partial charge in [-0.05, 0) is 56.7 Å². The van der Waals surface area contributed by atoms with Crippen LogP contribution < -0.4 is 11.1 Å².